The molecule has 2 rings (SSSR count). The summed E-state index contributed by atoms with van der Waals surface area (Å²) in [5.41, 5.74) is 6.28. The second-order valence-corrected chi connectivity index (χ2v) is 6.76. The number of rotatable bonds is 6. The topological polar surface area (TPSA) is 130 Å². The zero-order valence-electron chi connectivity index (χ0n) is 13.2. The standard InChI is InChI=1S/C17H11BrN4O3S/c18-13-3-1-10(2-4-13)14(23)8-25-15(24)9-26-17-12(7-20)5-11(6-19)16(21)22-17/h1-5H,8-9H2,(H2,21,22). The van der Waals surface area contributed by atoms with E-state index in [4.69, 9.17) is 21.0 Å². The summed E-state index contributed by atoms with van der Waals surface area (Å²) in [4.78, 5) is 27.7. The Morgan fingerprint density at radius 2 is 1.85 bits per heavy atom. The van der Waals surface area contributed by atoms with E-state index in [0.717, 1.165) is 16.2 Å². The lowest BCUT2D eigenvalue weighted by Gasteiger charge is -2.06. The minimum Gasteiger partial charge on any atom is -0.457 e. The number of carbonyl (C=O) groups is 2. The van der Waals surface area contributed by atoms with E-state index >= 15 is 0 Å². The maximum Gasteiger partial charge on any atom is 0.316 e. The van der Waals surface area contributed by atoms with Crippen molar-refractivity contribution >= 4 is 45.3 Å². The highest BCUT2D eigenvalue weighted by Crippen LogP contribution is 2.23. The molecule has 1 aromatic carbocycles. The Hall–Kier alpha value is -2.88. The number of carbonyl (C=O) groups excluding carboxylic acids is 2. The molecule has 0 radical (unpaired) electrons. The average molecular weight is 431 g/mol. The van der Waals surface area contributed by atoms with Gasteiger partial charge in [-0.3, -0.25) is 9.59 Å². The number of thioether (sulfide) groups is 1. The highest BCUT2D eigenvalue weighted by atomic mass is 79.9. The van der Waals surface area contributed by atoms with Gasteiger partial charge in [-0.2, -0.15) is 10.5 Å². The van der Waals surface area contributed by atoms with E-state index in [9.17, 15) is 9.59 Å². The van der Waals surface area contributed by atoms with Crippen LogP contribution in [0.5, 0.6) is 0 Å². The summed E-state index contributed by atoms with van der Waals surface area (Å²) in [6.07, 6.45) is 0. The first-order valence-electron chi connectivity index (χ1n) is 7.12. The molecule has 0 aliphatic rings. The van der Waals surface area contributed by atoms with E-state index < -0.39 is 5.97 Å². The number of nitrogens with two attached hydrogens (primary N) is 1. The van der Waals surface area contributed by atoms with Crippen LogP contribution in [0, 0.1) is 22.7 Å². The summed E-state index contributed by atoms with van der Waals surface area (Å²) in [7, 11) is 0. The van der Waals surface area contributed by atoms with E-state index in [1.54, 1.807) is 24.3 Å². The van der Waals surface area contributed by atoms with E-state index in [2.05, 4.69) is 20.9 Å². The summed E-state index contributed by atoms with van der Waals surface area (Å²) in [6.45, 7) is -0.380. The molecule has 2 aromatic rings. The van der Waals surface area contributed by atoms with Gasteiger partial charge in [-0.25, -0.2) is 4.98 Å². The van der Waals surface area contributed by atoms with Gasteiger partial charge in [-0.05, 0) is 18.2 Å². The second kappa shape index (κ2) is 8.99. The van der Waals surface area contributed by atoms with E-state index in [0.29, 0.717) is 5.56 Å². The summed E-state index contributed by atoms with van der Waals surface area (Å²) < 4.78 is 5.78. The van der Waals surface area contributed by atoms with E-state index in [1.165, 1.54) is 6.07 Å². The molecule has 2 N–H and O–H groups in total. The van der Waals surface area contributed by atoms with Gasteiger partial charge >= 0.3 is 5.97 Å². The smallest absolute Gasteiger partial charge is 0.316 e. The molecular weight excluding hydrogens is 420 g/mol. The molecule has 0 aliphatic carbocycles. The van der Waals surface area contributed by atoms with Crippen LogP contribution in [0.4, 0.5) is 5.82 Å². The zero-order valence-corrected chi connectivity index (χ0v) is 15.6. The molecule has 1 heterocycles. The zero-order chi connectivity index (χ0) is 19.1. The number of benzene rings is 1. The van der Waals surface area contributed by atoms with Gasteiger partial charge in [0.05, 0.1) is 16.9 Å². The largest absolute Gasteiger partial charge is 0.457 e. The van der Waals surface area contributed by atoms with Gasteiger partial charge in [0, 0.05) is 10.0 Å². The van der Waals surface area contributed by atoms with Gasteiger partial charge < -0.3 is 10.5 Å². The maximum atomic E-state index is 11.9. The first-order chi connectivity index (χ1) is 12.4. The number of anilines is 1. The van der Waals surface area contributed by atoms with Crippen LogP contribution in [0.3, 0.4) is 0 Å². The number of nitrogens with zero attached hydrogens (tertiary/aromatic N) is 3. The minimum absolute atomic E-state index is 0.0206. The lowest BCUT2D eigenvalue weighted by molar-refractivity contribution is -0.139. The Morgan fingerprint density at radius 1 is 1.19 bits per heavy atom. The first-order valence-corrected chi connectivity index (χ1v) is 8.90. The van der Waals surface area contributed by atoms with Crippen LogP contribution in [0.1, 0.15) is 21.5 Å². The van der Waals surface area contributed by atoms with Gasteiger partial charge in [0.2, 0.25) is 0 Å². The molecule has 0 fully saturated rings. The highest BCUT2D eigenvalue weighted by molar-refractivity contribution is 9.10. The molecule has 0 amide bonds. The average Bonchev–Trinajstić information content (AvgIpc) is 2.65. The molecule has 0 aliphatic heterocycles. The van der Waals surface area contributed by atoms with Crippen LogP contribution in [0.15, 0.2) is 39.8 Å². The molecule has 0 bridgehead atoms. The molecule has 0 atom stereocenters. The van der Waals surface area contributed by atoms with Crippen molar-refractivity contribution in [3.8, 4) is 12.1 Å². The Kier molecular flexibility index (Phi) is 6.73. The quantitative estimate of drug-likeness (QED) is 0.420. The van der Waals surface area contributed by atoms with Crippen molar-refractivity contribution in [3.05, 3.63) is 51.5 Å². The van der Waals surface area contributed by atoms with Crippen LogP contribution in [0.25, 0.3) is 0 Å². The van der Waals surface area contributed by atoms with E-state index in [-0.39, 0.29) is 40.1 Å². The van der Waals surface area contributed by atoms with Gasteiger partial charge in [0.15, 0.2) is 12.4 Å². The molecule has 7 nitrogen and oxygen atoms in total. The highest BCUT2D eigenvalue weighted by Gasteiger charge is 2.14. The molecule has 0 unspecified atom stereocenters. The predicted octanol–water partition coefficient (Wildman–Crippen LogP) is 2.69. The number of aromatic nitrogens is 1. The van der Waals surface area contributed by atoms with Crippen LogP contribution in [-0.4, -0.2) is 29.1 Å². The van der Waals surface area contributed by atoms with Gasteiger partial charge in [0.1, 0.15) is 23.0 Å². The Balaban J connectivity index is 1.92. The number of hydrogen-bond donors (Lipinski definition) is 1. The summed E-state index contributed by atoms with van der Waals surface area (Å²) in [5.74, 6) is -1.13. The van der Waals surface area contributed by atoms with Crippen LogP contribution in [0.2, 0.25) is 0 Å². The number of halogens is 1. The molecular formula is C17H11BrN4O3S. The van der Waals surface area contributed by atoms with Crippen molar-refractivity contribution in [2.75, 3.05) is 18.1 Å². The number of hydrogen-bond acceptors (Lipinski definition) is 8. The summed E-state index contributed by atoms with van der Waals surface area (Å²) >= 11 is 4.22. The fourth-order valence-corrected chi connectivity index (χ4v) is 2.85. The Bertz CT molecular complexity index is 933. The summed E-state index contributed by atoms with van der Waals surface area (Å²) in [5, 5.41) is 18.2. The monoisotopic (exact) mass is 430 g/mol. The minimum atomic E-state index is -0.630. The van der Waals surface area contributed by atoms with Crippen molar-refractivity contribution in [3.63, 3.8) is 0 Å². The predicted molar refractivity (Wildman–Crippen MR) is 98.2 cm³/mol. The van der Waals surface area contributed by atoms with Crippen molar-refractivity contribution in [1.29, 1.82) is 10.5 Å². The summed E-state index contributed by atoms with van der Waals surface area (Å²) in [6, 6.07) is 11.7. The Morgan fingerprint density at radius 3 is 2.46 bits per heavy atom. The van der Waals surface area contributed by atoms with Crippen LogP contribution < -0.4 is 5.73 Å². The molecule has 0 spiro atoms. The van der Waals surface area contributed by atoms with Crippen LogP contribution in [-0.2, 0) is 9.53 Å². The molecule has 0 saturated carbocycles. The van der Waals surface area contributed by atoms with Crippen LogP contribution >= 0.6 is 27.7 Å². The fourth-order valence-electron chi connectivity index (χ4n) is 1.82. The van der Waals surface area contributed by atoms with Gasteiger partial charge in [-0.15, -0.1) is 0 Å². The number of nitrogen functional groups attached to an aromatic ring is 1. The van der Waals surface area contributed by atoms with E-state index in [1.807, 2.05) is 12.1 Å². The number of ketones is 1. The lowest BCUT2D eigenvalue weighted by Crippen LogP contribution is -2.15. The normalized spacial score (nSPS) is 9.81. The maximum absolute atomic E-state index is 11.9. The number of Topliss-reactive ketones (excluding diaryl/α,β-unsaturated/α-hetero) is 1. The SMILES string of the molecule is N#Cc1cc(C#N)c(SCC(=O)OCC(=O)c2ccc(Br)cc2)nc1N. The number of ether oxygens (including phenoxy) is 1. The van der Waals surface area contributed by atoms with Gasteiger partial charge in [0.25, 0.3) is 0 Å². The van der Waals surface area contributed by atoms with Gasteiger partial charge in [-0.1, -0.05) is 39.8 Å². The second-order valence-electron chi connectivity index (χ2n) is 4.88. The molecule has 9 heteroatoms. The Labute approximate surface area is 161 Å². The van der Waals surface area contributed by atoms with Crippen molar-refractivity contribution in [2.24, 2.45) is 0 Å². The third-order valence-corrected chi connectivity index (χ3v) is 4.61. The van der Waals surface area contributed by atoms with Crippen molar-refractivity contribution < 1.29 is 14.3 Å². The lowest BCUT2D eigenvalue weighted by atomic mass is 10.1. The third kappa shape index (κ3) is 5.06. The first kappa shape index (κ1) is 19.4. The van der Waals surface area contributed by atoms with Crippen molar-refractivity contribution in [1.82, 2.24) is 4.98 Å². The third-order valence-electron chi connectivity index (χ3n) is 3.12. The van der Waals surface area contributed by atoms with Crippen molar-refractivity contribution in [2.45, 2.75) is 5.03 Å². The molecule has 130 valence electrons. The molecule has 0 saturated heterocycles. The number of nitriles is 2. The molecule has 26 heavy (non-hydrogen) atoms. The number of esters is 1. The number of pyridine rings is 1. The molecule has 1 aromatic heterocycles. The fraction of sp³-hybridized carbons (Fsp3) is 0.118.